The number of nitrogens with one attached hydrogen (secondary N) is 2. The van der Waals surface area contributed by atoms with E-state index in [1.165, 1.54) is 25.9 Å². The minimum absolute atomic E-state index is 0. The topological polar surface area (TPSA) is 59.3 Å². The largest absolute Gasteiger partial charge is 0.468 e. The average Bonchev–Trinajstić information content (AvgIpc) is 3.45. The second kappa shape index (κ2) is 12.8. The van der Waals surface area contributed by atoms with Gasteiger partial charge in [-0.1, -0.05) is 6.92 Å². The van der Waals surface area contributed by atoms with Crippen LogP contribution in [0.2, 0.25) is 0 Å². The monoisotopic (exact) mass is 518 g/mol. The molecule has 2 N–H and O–H groups in total. The van der Waals surface area contributed by atoms with E-state index in [9.17, 15) is 0 Å². The number of likely N-dealkylation sites (tertiary alicyclic amines) is 1. The van der Waals surface area contributed by atoms with Crippen LogP contribution in [0.3, 0.4) is 0 Å². The van der Waals surface area contributed by atoms with E-state index in [0.29, 0.717) is 6.04 Å². The molecule has 2 unspecified atom stereocenters. The van der Waals surface area contributed by atoms with Crippen LogP contribution >= 0.6 is 24.0 Å². The van der Waals surface area contributed by atoms with Gasteiger partial charge in [0.25, 0.3) is 0 Å². The molecular weight excluding hydrogens is 479 g/mol. The summed E-state index contributed by atoms with van der Waals surface area (Å²) in [7, 11) is 1.85. The highest BCUT2D eigenvalue weighted by Gasteiger charge is 2.26. The normalized spacial score (nSPS) is 21.6. The molecule has 0 aromatic carbocycles. The number of hydrogen-bond donors (Lipinski definition) is 2. The van der Waals surface area contributed by atoms with Crippen molar-refractivity contribution in [3.05, 3.63) is 24.2 Å². The molecule has 2 aliphatic heterocycles. The summed E-state index contributed by atoms with van der Waals surface area (Å²) in [5, 5.41) is 7.04. The molecule has 0 radical (unpaired) electrons. The average molecular weight is 518 g/mol. The predicted molar refractivity (Wildman–Crippen MR) is 130 cm³/mol. The Bertz CT molecular complexity index is 582. The number of nitrogens with zero attached hydrogens (tertiary/aromatic N) is 4. The third-order valence-electron chi connectivity index (χ3n) is 6.18. The summed E-state index contributed by atoms with van der Waals surface area (Å²) in [6.07, 6.45) is 4.31. The van der Waals surface area contributed by atoms with Crippen molar-refractivity contribution in [1.29, 1.82) is 0 Å². The summed E-state index contributed by atoms with van der Waals surface area (Å²) in [4.78, 5) is 12.0. The molecule has 2 saturated heterocycles. The van der Waals surface area contributed by atoms with Crippen molar-refractivity contribution in [3.63, 3.8) is 0 Å². The fraction of sp³-hybridized carbons (Fsp3) is 0.762. The summed E-state index contributed by atoms with van der Waals surface area (Å²) in [6.45, 7) is 14.3. The number of halogens is 1. The Balaban J connectivity index is 0.00000300. The van der Waals surface area contributed by atoms with E-state index < -0.39 is 0 Å². The van der Waals surface area contributed by atoms with Crippen molar-refractivity contribution < 1.29 is 4.42 Å². The molecule has 7 nitrogen and oxygen atoms in total. The number of hydrogen-bond acceptors (Lipinski definition) is 5. The molecule has 2 atom stereocenters. The fourth-order valence-electron chi connectivity index (χ4n) is 4.25. The molecule has 2 aliphatic rings. The highest BCUT2D eigenvalue weighted by molar-refractivity contribution is 14.0. The molecule has 0 spiro atoms. The van der Waals surface area contributed by atoms with E-state index >= 15 is 0 Å². The van der Waals surface area contributed by atoms with E-state index in [4.69, 9.17) is 4.42 Å². The smallest absolute Gasteiger partial charge is 0.191 e. The van der Waals surface area contributed by atoms with Gasteiger partial charge < -0.3 is 20.0 Å². The molecule has 0 saturated carbocycles. The van der Waals surface area contributed by atoms with Gasteiger partial charge in [-0.3, -0.25) is 14.8 Å². The van der Waals surface area contributed by atoms with E-state index in [1.807, 2.05) is 13.1 Å². The van der Waals surface area contributed by atoms with E-state index in [-0.39, 0.29) is 30.0 Å². The second-order valence-electron chi connectivity index (χ2n) is 7.93. The molecule has 2 fully saturated rings. The number of rotatable bonds is 8. The summed E-state index contributed by atoms with van der Waals surface area (Å²) in [5.41, 5.74) is 0. The Morgan fingerprint density at radius 2 is 1.76 bits per heavy atom. The zero-order valence-electron chi connectivity index (χ0n) is 18.3. The van der Waals surface area contributed by atoms with Gasteiger partial charge in [0.15, 0.2) is 5.96 Å². The minimum atomic E-state index is 0. The zero-order chi connectivity index (χ0) is 19.8. The fourth-order valence-corrected chi connectivity index (χ4v) is 4.25. The standard InChI is InChI=1S/C21H38N6O.HI/c1-4-25-11-13-26(14-12-25)18(2)16-23-21(22-3)24-17-19(20-8-7-15-28-20)27-9-5-6-10-27;/h7-8,15,18-19H,4-6,9-14,16-17H2,1-3H3,(H2,22,23,24);1H. The number of aliphatic imine (C=N–C) groups is 1. The van der Waals surface area contributed by atoms with Crippen LogP contribution in [0.5, 0.6) is 0 Å². The van der Waals surface area contributed by atoms with Gasteiger partial charge in [0.2, 0.25) is 0 Å². The maximum Gasteiger partial charge on any atom is 0.191 e. The van der Waals surface area contributed by atoms with Crippen LogP contribution in [0.15, 0.2) is 27.8 Å². The van der Waals surface area contributed by atoms with Gasteiger partial charge >= 0.3 is 0 Å². The Morgan fingerprint density at radius 1 is 1.07 bits per heavy atom. The maximum atomic E-state index is 5.72. The first-order valence-electron chi connectivity index (χ1n) is 10.9. The van der Waals surface area contributed by atoms with Gasteiger partial charge in [-0.15, -0.1) is 24.0 Å². The molecule has 0 bridgehead atoms. The molecule has 8 heteroatoms. The Morgan fingerprint density at radius 3 is 2.34 bits per heavy atom. The lowest BCUT2D eigenvalue weighted by molar-refractivity contribution is 0.107. The van der Waals surface area contributed by atoms with Crippen molar-refractivity contribution in [1.82, 2.24) is 25.3 Å². The molecule has 166 valence electrons. The molecule has 0 aliphatic carbocycles. The first-order chi connectivity index (χ1) is 13.7. The predicted octanol–water partition coefficient (Wildman–Crippen LogP) is 2.23. The maximum absolute atomic E-state index is 5.72. The molecule has 29 heavy (non-hydrogen) atoms. The molecular formula is C21H39IN6O. The first-order valence-corrected chi connectivity index (χ1v) is 10.9. The number of guanidine groups is 1. The number of piperazine rings is 1. The van der Waals surface area contributed by atoms with Crippen LogP contribution in [0, 0.1) is 0 Å². The number of furan rings is 1. The van der Waals surface area contributed by atoms with Crippen molar-refractivity contribution in [2.45, 2.75) is 38.8 Å². The van der Waals surface area contributed by atoms with Crippen molar-refractivity contribution in [2.24, 2.45) is 4.99 Å². The molecule has 1 aromatic rings. The Labute approximate surface area is 193 Å². The van der Waals surface area contributed by atoms with Crippen LogP contribution in [0.4, 0.5) is 0 Å². The van der Waals surface area contributed by atoms with Crippen LogP contribution < -0.4 is 10.6 Å². The van der Waals surface area contributed by atoms with E-state index in [0.717, 1.165) is 57.5 Å². The third kappa shape index (κ3) is 7.11. The van der Waals surface area contributed by atoms with E-state index in [1.54, 1.807) is 6.26 Å². The lowest BCUT2D eigenvalue weighted by Crippen LogP contribution is -2.53. The zero-order valence-corrected chi connectivity index (χ0v) is 20.6. The van der Waals surface area contributed by atoms with Crippen LogP contribution in [0.25, 0.3) is 0 Å². The lowest BCUT2D eigenvalue weighted by Gasteiger charge is -2.37. The Hall–Kier alpha value is -0.840. The molecule has 3 heterocycles. The van der Waals surface area contributed by atoms with Gasteiger partial charge in [-0.2, -0.15) is 0 Å². The van der Waals surface area contributed by atoms with Gasteiger partial charge in [0, 0.05) is 52.4 Å². The van der Waals surface area contributed by atoms with Gasteiger partial charge in [0.05, 0.1) is 12.3 Å². The summed E-state index contributed by atoms with van der Waals surface area (Å²) < 4.78 is 5.72. The SMILES string of the molecule is CCN1CCN(C(C)CNC(=NC)NCC(c2ccco2)N2CCCC2)CC1.I. The summed E-state index contributed by atoms with van der Waals surface area (Å²) >= 11 is 0. The van der Waals surface area contributed by atoms with Crippen LogP contribution in [0.1, 0.15) is 38.5 Å². The minimum Gasteiger partial charge on any atom is -0.468 e. The van der Waals surface area contributed by atoms with Crippen molar-refractivity contribution in [3.8, 4) is 0 Å². The highest BCUT2D eigenvalue weighted by atomic mass is 127. The summed E-state index contributed by atoms with van der Waals surface area (Å²) in [5.74, 6) is 1.90. The molecule has 1 aromatic heterocycles. The lowest BCUT2D eigenvalue weighted by atomic mass is 10.2. The molecule has 3 rings (SSSR count). The Kier molecular flexibility index (Phi) is 10.8. The van der Waals surface area contributed by atoms with Crippen LogP contribution in [-0.4, -0.2) is 92.7 Å². The van der Waals surface area contributed by atoms with E-state index in [2.05, 4.69) is 50.2 Å². The number of likely N-dealkylation sites (N-methyl/N-ethyl adjacent to an activating group) is 1. The first kappa shape index (κ1) is 24.4. The highest BCUT2D eigenvalue weighted by Crippen LogP contribution is 2.24. The second-order valence-corrected chi connectivity index (χ2v) is 7.93. The summed E-state index contributed by atoms with van der Waals surface area (Å²) in [6, 6.07) is 4.82. The quantitative estimate of drug-likeness (QED) is 0.313. The van der Waals surface area contributed by atoms with Crippen molar-refractivity contribution in [2.75, 3.05) is 66.0 Å². The van der Waals surface area contributed by atoms with Gasteiger partial charge in [-0.25, -0.2) is 0 Å². The third-order valence-corrected chi connectivity index (χ3v) is 6.18. The molecule has 0 amide bonds. The van der Waals surface area contributed by atoms with Gasteiger partial charge in [-0.05, 0) is 51.5 Å². The van der Waals surface area contributed by atoms with Crippen LogP contribution in [-0.2, 0) is 0 Å². The van der Waals surface area contributed by atoms with Gasteiger partial charge in [0.1, 0.15) is 5.76 Å². The van der Waals surface area contributed by atoms with Crippen molar-refractivity contribution >= 4 is 29.9 Å².